The van der Waals surface area contributed by atoms with Crippen LogP contribution in [0.25, 0.3) is 0 Å². The van der Waals surface area contributed by atoms with E-state index < -0.39 is 0 Å². The summed E-state index contributed by atoms with van der Waals surface area (Å²) in [7, 11) is 0. The summed E-state index contributed by atoms with van der Waals surface area (Å²) in [5, 5.41) is 3.57. The van der Waals surface area contributed by atoms with Crippen LogP contribution in [-0.2, 0) is 0 Å². The van der Waals surface area contributed by atoms with Crippen molar-refractivity contribution in [1.82, 2.24) is 0 Å². The molecule has 0 aliphatic rings. The first kappa shape index (κ1) is 23.1. The van der Waals surface area contributed by atoms with E-state index in [0.717, 1.165) is 56.2 Å². The topological polar surface area (TPSA) is 30.5 Å². The van der Waals surface area contributed by atoms with E-state index in [1.54, 1.807) is 0 Å². The second-order valence-electron chi connectivity index (χ2n) is 9.29. The molecule has 0 bridgehead atoms. The predicted molar refractivity (Wildman–Crippen MR) is 124 cm³/mol. The first-order valence-electron chi connectivity index (χ1n) is 10.9. The van der Waals surface area contributed by atoms with Crippen LogP contribution in [0.1, 0.15) is 58.1 Å². The number of ether oxygens (including phenoxy) is 2. The third-order valence-electron chi connectivity index (χ3n) is 5.19. The number of nitrogens with one attached hydrogen (secondary N) is 1. The Labute approximate surface area is 177 Å². The lowest BCUT2D eigenvalue weighted by molar-refractivity contribution is 0.263. The largest absolute Gasteiger partial charge is 0.494 e. The highest BCUT2D eigenvalue weighted by atomic mass is 16.5. The van der Waals surface area contributed by atoms with Gasteiger partial charge in [-0.05, 0) is 85.9 Å². The molecular weight excluding hydrogens is 358 g/mol. The number of hydrogen-bond acceptors (Lipinski definition) is 3. The molecule has 0 spiro atoms. The van der Waals surface area contributed by atoms with Gasteiger partial charge >= 0.3 is 0 Å². The van der Waals surface area contributed by atoms with Gasteiger partial charge in [0.2, 0.25) is 0 Å². The Morgan fingerprint density at radius 3 is 2.34 bits per heavy atom. The van der Waals surface area contributed by atoms with E-state index in [9.17, 15) is 0 Å². The molecule has 0 unspecified atom stereocenters. The summed E-state index contributed by atoms with van der Waals surface area (Å²) in [6, 6.07) is 14.7. The van der Waals surface area contributed by atoms with Gasteiger partial charge in [0.15, 0.2) is 0 Å². The van der Waals surface area contributed by atoms with E-state index in [1.165, 1.54) is 11.1 Å². The Hall–Kier alpha value is -2.16. The van der Waals surface area contributed by atoms with Crippen LogP contribution >= 0.6 is 0 Å². The van der Waals surface area contributed by atoms with E-state index in [0.29, 0.717) is 5.92 Å². The normalized spacial score (nSPS) is 11.6. The van der Waals surface area contributed by atoms with Crippen LogP contribution in [0, 0.1) is 25.2 Å². The van der Waals surface area contributed by atoms with E-state index in [1.807, 2.05) is 12.1 Å². The van der Waals surface area contributed by atoms with Crippen LogP contribution in [-0.4, -0.2) is 19.8 Å². The zero-order chi connectivity index (χ0) is 21.3. The van der Waals surface area contributed by atoms with E-state index in [4.69, 9.17) is 9.47 Å². The summed E-state index contributed by atoms with van der Waals surface area (Å²) >= 11 is 0. The predicted octanol–water partition coefficient (Wildman–Crippen LogP) is 7.03. The molecule has 0 radical (unpaired) electrons. The lowest BCUT2D eigenvalue weighted by Gasteiger charge is -2.25. The fourth-order valence-electron chi connectivity index (χ4n) is 3.11. The Balaban J connectivity index is 1.70. The Morgan fingerprint density at radius 2 is 1.66 bits per heavy atom. The van der Waals surface area contributed by atoms with Crippen LogP contribution in [0.4, 0.5) is 5.69 Å². The van der Waals surface area contributed by atoms with Gasteiger partial charge in [0.25, 0.3) is 0 Å². The molecule has 2 aromatic carbocycles. The first-order valence-corrected chi connectivity index (χ1v) is 10.9. The molecule has 160 valence electrons. The quantitative estimate of drug-likeness (QED) is 0.390. The summed E-state index contributed by atoms with van der Waals surface area (Å²) in [5.41, 5.74) is 3.79. The van der Waals surface area contributed by atoms with Gasteiger partial charge < -0.3 is 14.8 Å². The van der Waals surface area contributed by atoms with Crippen molar-refractivity contribution in [1.29, 1.82) is 0 Å². The fraction of sp³-hybridized carbons (Fsp3) is 0.538. The standard InChI is InChI=1S/C26H39NO2/c1-20(2)14-17-28-24-12-10-23(11-13-24)27-19-26(5,6)15-7-16-29-25-18-21(3)8-9-22(25)4/h8-13,18,20,27H,7,14-17,19H2,1-6H3. The van der Waals surface area contributed by atoms with Crippen molar-refractivity contribution in [3.8, 4) is 11.5 Å². The Kier molecular flexibility index (Phi) is 8.88. The summed E-state index contributed by atoms with van der Waals surface area (Å²) in [5.74, 6) is 2.63. The molecule has 0 amide bonds. The van der Waals surface area contributed by atoms with Crippen molar-refractivity contribution in [3.63, 3.8) is 0 Å². The van der Waals surface area contributed by atoms with Gasteiger partial charge in [-0.1, -0.05) is 39.8 Å². The number of anilines is 1. The lowest BCUT2D eigenvalue weighted by atomic mass is 9.88. The SMILES string of the molecule is Cc1ccc(C)c(OCCCC(C)(C)CNc2ccc(OCCC(C)C)cc2)c1. The minimum atomic E-state index is 0.206. The summed E-state index contributed by atoms with van der Waals surface area (Å²) in [4.78, 5) is 0. The molecule has 1 N–H and O–H groups in total. The highest BCUT2D eigenvalue weighted by molar-refractivity contribution is 5.46. The third-order valence-corrected chi connectivity index (χ3v) is 5.19. The molecule has 2 rings (SSSR count). The third kappa shape index (κ3) is 8.81. The summed E-state index contributed by atoms with van der Waals surface area (Å²) in [6.07, 6.45) is 3.24. The van der Waals surface area contributed by atoms with E-state index in [-0.39, 0.29) is 5.41 Å². The molecule has 29 heavy (non-hydrogen) atoms. The van der Waals surface area contributed by atoms with Gasteiger partial charge in [0.05, 0.1) is 13.2 Å². The molecule has 0 aromatic heterocycles. The number of benzene rings is 2. The van der Waals surface area contributed by atoms with Crippen LogP contribution < -0.4 is 14.8 Å². The molecule has 2 aromatic rings. The zero-order valence-corrected chi connectivity index (χ0v) is 19.2. The van der Waals surface area contributed by atoms with Crippen LogP contribution in [0.15, 0.2) is 42.5 Å². The first-order chi connectivity index (χ1) is 13.7. The molecule has 3 nitrogen and oxygen atoms in total. The summed E-state index contributed by atoms with van der Waals surface area (Å²) < 4.78 is 11.8. The molecule has 0 heterocycles. The number of rotatable bonds is 12. The van der Waals surface area contributed by atoms with Gasteiger partial charge in [-0.3, -0.25) is 0 Å². The molecule has 0 atom stereocenters. The minimum Gasteiger partial charge on any atom is -0.494 e. The van der Waals surface area contributed by atoms with Gasteiger partial charge in [0.1, 0.15) is 11.5 Å². The number of hydrogen-bond donors (Lipinski definition) is 1. The zero-order valence-electron chi connectivity index (χ0n) is 19.2. The van der Waals surface area contributed by atoms with Crippen molar-refractivity contribution in [2.45, 2.75) is 60.8 Å². The molecule has 3 heteroatoms. The maximum atomic E-state index is 6.00. The molecule has 0 fully saturated rings. The molecular formula is C26H39NO2. The maximum absolute atomic E-state index is 6.00. The molecule has 0 aliphatic heterocycles. The van der Waals surface area contributed by atoms with Crippen LogP contribution in [0.5, 0.6) is 11.5 Å². The van der Waals surface area contributed by atoms with Crippen molar-refractivity contribution < 1.29 is 9.47 Å². The minimum absolute atomic E-state index is 0.206. The van der Waals surface area contributed by atoms with Gasteiger partial charge in [0, 0.05) is 12.2 Å². The second-order valence-corrected chi connectivity index (χ2v) is 9.29. The highest BCUT2D eigenvalue weighted by Crippen LogP contribution is 2.25. The Bertz CT molecular complexity index is 735. The average Bonchev–Trinajstić information content (AvgIpc) is 2.67. The maximum Gasteiger partial charge on any atom is 0.122 e. The van der Waals surface area contributed by atoms with Gasteiger partial charge in [-0.25, -0.2) is 0 Å². The van der Waals surface area contributed by atoms with E-state index in [2.05, 4.69) is 77.2 Å². The highest BCUT2D eigenvalue weighted by Gasteiger charge is 2.17. The molecule has 0 aliphatic carbocycles. The Morgan fingerprint density at radius 1 is 0.931 bits per heavy atom. The van der Waals surface area contributed by atoms with Crippen molar-refractivity contribution in [2.75, 3.05) is 25.1 Å². The smallest absolute Gasteiger partial charge is 0.122 e. The molecule has 0 saturated carbocycles. The van der Waals surface area contributed by atoms with E-state index >= 15 is 0 Å². The lowest BCUT2D eigenvalue weighted by Crippen LogP contribution is -2.23. The second kappa shape index (κ2) is 11.1. The molecule has 0 saturated heterocycles. The number of aryl methyl sites for hydroxylation is 2. The van der Waals surface area contributed by atoms with Crippen molar-refractivity contribution in [2.24, 2.45) is 11.3 Å². The monoisotopic (exact) mass is 397 g/mol. The average molecular weight is 398 g/mol. The van der Waals surface area contributed by atoms with Crippen molar-refractivity contribution >= 4 is 5.69 Å². The fourth-order valence-corrected chi connectivity index (χ4v) is 3.11. The van der Waals surface area contributed by atoms with Crippen molar-refractivity contribution in [3.05, 3.63) is 53.6 Å². The summed E-state index contributed by atoms with van der Waals surface area (Å²) in [6.45, 7) is 15.7. The van der Waals surface area contributed by atoms with Gasteiger partial charge in [-0.2, -0.15) is 0 Å². The van der Waals surface area contributed by atoms with Crippen LogP contribution in [0.3, 0.4) is 0 Å². The van der Waals surface area contributed by atoms with Gasteiger partial charge in [-0.15, -0.1) is 0 Å². The van der Waals surface area contributed by atoms with Crippen LogP contribution in [0.2, 0.25) is 0 Å².